The van der Waals surface area contributed by atoms with Crippen LogP contribution < -0.4 is 20.9 Å². The van der Waals surface area contributed by atoms with Gasteiger partial charge in [-0.2, -0.15) is 4.98 Å². The fraction of sp³-hybridized carbons (Fsp3) is 0.217. The van der Waals surface area contributed by atoms with Crippen molar-refractivity contribution in [2.45, 2.75) is 12.6 Å². The molecule has 33 heavy (non-hydrogen) atoms. The van der Waals surface area contributed by atoms with Crippen molar-refractivity contribution in [1.82, 2.24) is 18.7 Å². The topological polar surface area (TPSA) is 91.4 Å². The summed E-state index contributed by atoms with van der Waals surface area (Å²) < 4.78 is 9.49. The average Bonchev–Trinajstić information content (AvgIpc) is 3.17. The van der Waals surface area contributed by atoms with Crippen LogP contribution in [0.4, 0.5) is 5.69 Å². The van der Waals surface area contributed by atoms with Crippen LogP contribution in [0.5, 0.6) is 5.75 Å². The first-order valence-corrected chi connectivity index (χ1v) is 10.7. The summed E-state index contributed by atoms with van der Waals surface area (Å²) in [7, 11) is 2.88. The Balaban J connectivity index is 1.63. The number of carbonyl (C=O) groups excluding carboxylic acids is 1. The molecule has 10 heteroatoms. The van der Waals surface area contributed by atoms with Crippen LogP contribution in [0.15, 0.2) is 64.2 Å². The molecule has 9 nitrogen and oxygen atoms in total. The molecule has 2 aromatic carbocycles. The van der Waals surface area contributed by atoms with Crippen LogP contribution in [0, 0.1) is 0 Å². The molecule has 0 radical (unpaired) electrons. The van der Waals surface area contributed by atoms with Crippen LogP contribution in [0.3, 0.4) is 0 Å². The van der Waals surface area contributed by atoms with Gasteiger partial charge in [0.15, 0.2) is 11.2 Å². The van der Waals surface area contributed by atoms with E-state index in [2.05, 4.69) is 4.98 Å². The van der Waals surface area contributed by atoms with Crippen LogP contribution in [-0.4, -0.2) is 31.2 Å². The molecule has 1 aliphatic heterocycles. The maximum Gasteiger partial charge on any atom is 0.332 e. The standard InChI is InChI=1S/C23H20ClN5O4/c1-26-20-19(21(31)27(2)23(26)32)28(22(24)25-20)12-18(30)29-15-10-6-7-11-17(15)33-13-16(29)14-8-4-3-5-9-14/h3-11,16H,12-13H2,1-2H3. The predicted octanol–water partition coefficient (Wildman–Crippen LogP) is 2.25. The van der Waals surface area contributed by atoms with Crippen molar-refractivity contribution in [3.05, 3.63) is 86.3 Å². The van der Waals surface area contributed by atoms with Crippen LogP contribution in [0.2, 0.25) is 5.28 Å². The molecule has 0 bridgehead atoms. The molecule has 4 aromatic rings. The van der Waals surface area contributed by atoms with Crippen molar-refractivity contribution < 1.29 is 9.53 Å². The Morgan fingerprint density at radius 3 is 2.52 bits per heavy atom. The van der Waals surface area contributed by atoms with Gasteiger partial charge in [-0.25, -0.2) is 4.79 Å². The number of fused-ring (bicyclic) bond motifs is 2. The third-order valence-corrected chi connectivity index (χ3v) is 6.17. The second-order valence-corrected chi connectivity index (χ2v) is 8.15. The van der Waals surface area contributed by atoms with Gasteiger partial charge in [0.25, 0.3) is 5.56 Å². The minimum absolute atomic E-state index is 0.0468. The highest BCUT2D eigenvalue weighted by Gasteiger charge is 2.34. The highest BCUT2D eigenvalue weighted by Crippen LogP contribution is 2.39. The number of anilines is 1. The summed E-state index contributed by atoms with van der Waals surface area (Å²) in [6.45, 7) is 0.0435. The molecular weight excluding hydrogens is 446 g/mol. The van der Waals surface area contributed by atoms with Crippen molar-refractivity contribution in [1.29, 1.82) is 0 Å². The summed E-state index contributed by atoms with van der Waals surface area (Å²) in [5.74, 6) is 0.301. The van der Waals surface area contributed by atoms with Crippen LogP contribution in [0.25, 0.3) is 11.2 Å². The van der Waals surface area contributed by atoms with E-state index in [-0.39, 0.29) is 41.5 Å². The molecule has 0 aliphatic carbocycles. The number of aryl methyl sites for hydroxylation is 1. The molecular formula is C23H20ClN5O4. The Kier molecular flexibility index (Phi) is 5.05. The molecule has 1 amide bonds. The number of nitrogens with zero attached hydrogens (tertiary/aromatic N) is 5. The van der Waals surface area contributed by atoms with E-state index in [9.17, 15) is 14.4 Å². The van der Waals surface area contributed by atoms with Crippen molar-refractivity contribution in [2.24, 2.45) is 14.1 Å². The van der Waals surface area contributed by atoms with Crippen molar-refractivity contribution in [2.75, 3.05) is 11.5 Å². The SMILES string of the molecule is Cn1c(=O)c2c(nc(Cl)n2CC(=O)N2c3ccccc3OCC2c2ccccc2)n(C)c1=O. The molecule has 0 saturated carbocycles. The molecule has 0 N–H and O–H groups in total. The summed E-state index contributed by atoms with van der Waals surface area (Å²) in [4.78, 5) is 44.7. The summed E-state index contributed by atoms with van der Waals surface area (Å²) in [5, 5.41) is -0.0468. The molecule has 5 rings (SSSR count). The number of hydrogen-bond acceptors (Lipinski definition) is 5. The quantitative estimate of drug-likeness (QED) is 0.433. The minimum Gasteiger partial charge on any atom is -0.489 e. The number of amides is 1. The smallest absolute Gasteiger partial charge is 0.332 e. The van der Waals surface area contributed by atoms with Gasteiger partial charge in [0.2, 0.25) is 11.2 Å². The third kappa shape index (κ3) is 3.32. The zero-order chi connectivity index (χ0) is 23.3. The number of aromatic nitrogens is 4. The molecule has 0 fully saturated rings. The predicted molar refractivity (Wildman–Crippen MR) is 124 cm³/mol. The van der Waals surface area contributed by atoms with Gasteiger partial charge in [0.05, 0.1) is 11.7 Å². The summed E-state index contributed by atoms with van der Waals surface area (Å²) in [6, 6.07) is 16.5. The number of para-hydroxylation sites is 2. The minimum atomic E-state index is -0.567. The van der Waals surface area contributed by atoms with Gasteiger partial charge in [-0.1, -0.05) is 42.5 Å². The number of imidazole rings is 1. The Morgan fingerprint density at radius 1 is 1.06 bits per heavy atom. The lowest BCUT2D eigenvalue weighted by molar-refractivity contribution is -0.120. The Morgan fingerprint density at radius 2 is 1.76 bits per heavy atom. The van der Waals surface area contributed by atoms with Crippen LogP contribution >= 0.6 is 11.6 Å². The zero-order valence-electron chi connectivity index (χ0n) is 17.9. The van der Waals surface area contributed by atoms with E-state index in [1.165, 1.54) is 23.2 Å². The fourth-order valence-electron chi connectivity index (χ4n) is 4.19. The Bertz CT molecular complexity index is 1510. The summed E-state index contributed by atoms with van der Waals surface area (Å²) in [6.07, 6.45) is 0. The number of rotatable bonds is 3. The second kappa shape index (κ2) is 7.93. The van der Waals surface area contributed by atoms with Gasteiger partial charge < -0.3 is 4.74 Å². The van der Waals surface area contributed by atoms with Crippen molar-refractivity contribution in [3.63, 3.8) is 0 Å². The lowest BCUT2D eigenvalue weighted by Gasteiger charge is -2.37. The largest absolute Gasteiger partial charge is 0.489 e. The first-order valence-electron chi connectivity index (χ1n) is 10.3. The number of halogens is 1. The van der Waals surface area contributed by atoms with E-state index < -0.39 is 11.2 Å². The number of hydrogen-bond donors (Lipinski definition) is 0. The molecule has 0 saturated heterocycles. The molecule has 1 aliphatic rings. The zero-order valence-corrected chi connectivity index (χ0v) is 18.7. The molecule has 1 unspecified atom stereocenters. The second-order valence-electron chi connectivity index (χ2n) is 7.81. The van der Waals surface area contributed by atoms with Crippen molar-refractivity contribution >= 4 is 34.4 Å². The van der Waals surface area contributed by atoms with Gasteiger partial charge in [-0.3, -0.25) is 28.2 Å². The van der Waals surface area contributed by atoms with E-state index >= 15 is 0 Å². The molecule has 1 atom stereocenters. The van der Waals surface area contributed by atoms with Crippen molar-refractivity contribution in [3.8, 4) is 5.75 Å². The highest BCUT2D eigenvalue weighted by molar-refractivity contribution is 6.29. The van der Waals surface area contributed by atoms with E-state index in [0.717, 1.165) is 10.1 Å². The first kappa shape index (κ1) is 21.0. The number of carbonyl (C=O) groups is 1. The van der Waals surface area contributed by atoms with Gasteiger partial charge >= 0.3 is 5.69 Å². The van der Waals surface area contributed by atoms with E-state index in [4.69, 9.17) is 16.3 Å². The van der Waals surface area contributed by atoms with E-state index in [1.807, 2.05) is 54.6 Å². The van der Waals surface area contributed by atoms with Crippen LogP contribution in [0.1, 0.15) is 11.6 Å². The maximum absolute atomic E-state index is 13.7. The summed E-state index contributed by atoms with van der Waals surface area (Å²) >= 11 is 6.35. The van der Waals surface area contributed by atoms with E-state index in [0.29, 0.717) is 11.4 Å². The molecule has 2 aromatic heterocycles. The maximum atomic E-state index is 13.7. The highest BCUT2D eigenvalue weighted by atomic mass is 35.5. The first-order chi connectivity index (χ1) is 15.9. The lowest BCUT2D eigenvalue weighted by atomic mass is 10.0. The third-order valence-electron chi connectivity index (χ3n) is 5.88. The van der Waals surface area contributed by atoms with Gasteiger partial charge in [0.1, 0.15) is 18.9 Å². The van der Waals surface area contributed by atoms with E-state index in [1.54, 1.807) is 4.90 Å². The Hall–Kier alpha value is -3.85. The monoisotopic (exact) mass is 465 g/mol. The van der Waals surface area contributed by atoms with Gasteiger partial charge in [0, 0.05) is 14.1 Å². The van der Waals surface area contributed by atoms with Crippen LogP contribution in [-0.2, 0) is 25.4 Å². The lowest BCUT2D eigenvalue weighted by Crippen LogP contribution is -2.43. The molecule has 168 valence electrons. The molecule has 0 spiro atoms. The number of benzene rings is 2. The summed E-state index contributed by atoms with van der Waals surface area (Å²) in [5.41, 5.74) is 0.677. The van der Waals surface area contributed by atoms with Gasteiger partial charge in [-0.15, -0.1) is 0 Å². The Labute approximate surface area is 193 Å². The normalized spacial score (nSPS) is 15.4. The fourth-order valence-corrected chi connectivity index (χ4v) is 4.42. The van der Waals surface area contributed by atoms with Gasteiger partial charge in [-0.05, 0) is 29.3 Å². The molecule has 3 heterocycles. The average molecular weight is 466 g/mol. The number of ether oxygens (including phenoxy) is 1.